The van der Waals surface area contributed by atoms with Gasteiger partial charge in [-0.2, -0.15) is 5.10 Å². The van der Waals surface area contributed by atoms with Crippen LogP contribution in [0.15, 0.2) is 36.7 Å². The van der Waals surface area contributed by atoms with E-state index in [2.05, 4.69) is 56.1 Å². The van der Waals surface area contributed by atoms with E-state index in [1.54, 1.807) is 0 Å². The van der Waals surface area contributed by atoms with Gasteiger partial charge in [-0.1, -0.05) is 55.6 Å². The molecule has 0 atom stereocenters. The molecule has 1 heterocycles. The van der Waals surface area contributed by atoms with Crippen molar-refractivity contribution in [3.8, 4) is 0 Å². The summed E-state index contributed by atoms with van der Waals surface area (Å²) in [4.78, 5) is 0. The Labute approximate surface area is 141 Å². The van der Waals surface area contributed by atoms with Crippen molar-refractivity contribution in [3.05, 3.63) is 52.8 Å². The van der Waals surface area contributed by atoms with E-state index in [0.29, 0.717) is 0 Å². The van der Waals surface area contributed by atoms with Gasteiger partial charge in [-0.05, 0) is 36.6 Å². The van der Waals surface area contributed by atoms with Gasteiger partial charge in [0.25, 0.3) is 0 Å². The lowest BCUT2D eigenvalue weighted by atomic mass is 9.80. The van der Waals surface area contributed by atoms with Crippen molar-refractivity contribution in [3.63, 3.8) is 0 Å². The molecule has 0 bridgehead atoms. The van der Waals surface area contributed by atoms with Crippen LogP contribution in [0, 0.1) is 0 Å². The second-order valence-electron chi connectivity index (χ2n) is 4.94. The molecule has 2 aromatic rings. The van der Waals surface area contributed by atoms with Crippen molar-refractivity contribution in [1.29, 1.82) is 0 Å². The van der Waals surface area contributed by atoms with Crippen LogP contribution < -0.4 is 0 Å². The quantitative estimate of drug-likeness (QED) is 0.612. The monoisotopic (exact) mass is 418 g/mol. The molecule has 2 nitrogen and oxygen atoms in total. The summed E-state index contributed by atoms with van der Waals surface area (Å²) in [6.07, 6.45) is 4.99. The van der Waals surface area contributed by atoms with Gasteiger partial charge in [0.15, 0.2) is 0 Å². The predicted molar refractivity (Wildman–Crippen MR) is 92.3 cm³/mol. The molecule has 0 aliphatic carbocycles. The maximum atomic E-state index is 6.15. The second-order valence-corrected chi connectivity index (χ2v) is 6.50. The SMILES string of the molecule is CCn1cc(CC(CBr)(CBr)c2cccc(Cl)c2)cn1. The summed E-state index contributed by atoms with van der Waals surface area (Å²) in [5.74, 6) is 0. The van der Waals surface area contributed by atoms with Gasteiger partial charge in [-0.25, -0.2) is 0 Å². The third kappa shape index (κ3) is 3.46. The average Bonchev–Trinajstić information content (AvgIpc) is 2.92. The van der Waals surface area contributed by atoms with Gasteiger partial charge in [0.1, 0.15) is 0 Å². The molecule has 0 amide bonds. The number of rotatable bonds is 6. The zero-order chi connectivity index (χ0) is 14.6. The van der Waals surface area contributed by atoms with Crippen LogP contribution in [0.5, 0.6) is 0 Å². The molecule has 0 fully saturated rings. The molecule has 1 aromatic carbocycles. The minimum absolute atomic E-state index is 0.0213. The zero-order valence-electron chi connectivity index (χ0n) is 11.3. The Kier molecular flexibility index (Phi) is 5.70. The highest BCUT2D eigenvalue weighted by molar-refractivity contribution is 9.09. The van der Waals surface area contributed by atoms with Crippen molar-refractivity contribution < 1.29 is 0 Å². The topological polar surface area (TPSA) is 17.8 Å². The first-order valence-corrected chi connectivity index (χ1v) is 9.15. The van der Waals surface area contributed by atoms with Crippen LogP contribution in [0.4, 0.5) is 0 Å². The van der Waals surface area contributed by atoms with E-state index in [1.165, 1.54) is 11.1 Å². The van der Waals surface area contributed by atoms with Crippen molar-refractivity contribution in [1.82, 2.24) is 9.78 Å². The number of aryl methyl sites for hydroxylation is 1. The van der Waals surface area contributed by atoms with Crippen molar-refractivity contribution >= 4 is 43.5 Å². The highest BCUT2D eigenvalue weighted by Gasteiger charge is 2.31. The lowest BCUT2D eigenvalue weighted by Crippen LogP contribution is -2.32. The summed E-state index contributed by atoms with van der Waals surface area (Å²) in [6, 6.07) is 8.10. The molecule has 5 heteroatoms. The van der Waals surface area contributed by atoms with E-state index in [-0.39, 0.29) is 5.41 Å². The molecule has 0 radical (unpaired) electrons. The molecular formula is C15H17Br2ClN2. The highest BCUT2D eigenvalue weighted by Crippen LogP contribution is 2.34. The molecule has 2 rings (SSSR count). The van der Waals surface area contributed by atoms with Crippen LogP contribution >= 0.6 is 43.5 Å². The van der Waals surface area contributed by atoms with E-state index in [1.807, 2.05) is 29.1 Å². The molecule has 0 spiro atoms. The third-order valence-corrected chi connectivity index (χ3v) is 5.88. The summed E-state index contributed by atoms with van der Waals surface area (Å²) in [5, 5.41) is 6.86. The van der Waals surface area contributed by atoms with Crippen LogP contribution in [0.1, 0.15) is 18.1 Å². The Balaban J connectivity index is 2.33. The van der Waals surface area contributed by atoms with Crippen LogP contribution in [-0.4, -0.2) is 20.4 Å². The average molecular weight is 421 g/mol. The molecule has 20 heavy (non-hydrogen) atoms. The Hall–Kier alpha value is -0.320. The summed E-state index contributed by atoms with van der Waals surface area (Å²) < 4.78 is 1.96. The number of aromatic nitrogens is 2. The smallest absolute Gasteiger partial charge is 0.0522 e. The predicted octanol–water partition coefficient (Wildman–Crippen LogP) is 4.83. The van der Waals surface area contributed by atoms with E-state index in [9.17, 15) is 0 Å². The van der Waals surface area contributed by atoms with E-state index >= 15 is 0 Å². The molecule has 0 aliphatic rings. The number of nitrogens with zero attached hydrogens (tertiary/aromatic N) is 2. The number of hydrogen-bond acceptors (Lipinski definition) is 1. The van der Waals surface area contributed by atoms with E-state index in [0.717, 1.165) is 28.6 Å². The third-order valence-electron chi connectivity index (χ3n) is 3.50. The lowest BCUT2D eigenvalue weighted by molar-refractivity contribution is 0.550. The van der Waals surface area contributed by atoms with Gasteiger partial charge >= 0.3 is 0 Å². The maximum absolute atomic E-state index is 6.15. The number of benzene rings is 1. The van der Waals surface area contributed by atoms with Crippen LogP contribution in [-0.2, 0) is 18.4 Å². The van der Waals surface area contributed by atoms with Gasteiger partial charge in [-0.3, -0.25) is 4.68 Å². The van der Waals surface area contributed by atoms with Crippen LogP contribution in [0.3, 0.4) is 0 Å². The second kappa shape index (κ2) is 7.10. The van der Waals surface area contributed by atoms with Crippen molar-refractivity contribution in [2.24, 2.45) is 0 Å². The molecule has 1 aromatic heterocycles. The van der Waals surface area contributed by atoms with Crippen molar-refractivity contribution in [2.45, 2.75) is 25.3 Å². The van der Waals surface area contributed by atoms with Crippen molar-refractivity contribution in [2.75, 3.05) is 10.7 Å². The fourth-order valence-corrected chi connectivity index (χ4v) is 4.43. The first kappa shape index (κ1) is 16.1. The van der Waals surface area contributed by atoms with Gasteiger partial charge in [-0.15, -0.1) is 0 Å². The molecular weight excluding hydrogens is 403 g/mol. The van der Waals surface area contributed by atoms with E-state index < -0.39 is 0 Å². The first-order chi connectivity index (χ1) is 9.63. The summed E-state index contributed by atoms with van der Waals surface area (Å²) in [5.41, 5.74) is 2.46. The first-order valence-electron chi connectivity index (χ1n) is 6.53. The number of halogens is 3. The summed E-state index contributed by atoms with van der Waals surface area (Å²) in [6.45, 7) is 2.99. The van der Waals surface area contributed by atoms with Crippen LogP contribution in [0.25, 0.3) is 0 Å². The Morgan fingerprint density at radius 2 is 2.05 bits per heavy atom. The summed E-state index contributed by atoms with van der Waals surface area (Å²) >= 11 is 13.5. The Bertz CT molecular complexity index is 565. The largest absolute Gasteiger partial charge is 0.273 e. The maximum Gasteiger partial charge on any atom is 0.0522 e. The number of alkyl halides is 2. The van der Waals surface area contributed by atoms with E-state index in [4.69, 9.17) is 11.6 Å². The molecule has 108 valence electrons. The molecule has 0 aliphatic heterocycles. The van der Waals surface area contributed by atoms with Gasteiger partial charge in [0, 0.05) is 33.8 Å². The Morgan fingerprint density at radius 3 is 2.60 bits per heavy atom. The molecule has 0 saturated carbocycles. The van der Waals surface area contributed by atoms with Gasteiger partial charge < -0.3 is 0 Å². The highest BCUT2D eigenvalue weighted by atomic mass is 79.9. The summed E-state index contributed by atoms with van der Waals surface area (Å²) in [7, 11) is 0. The number of hydrogen-bond donors (Lipinski definition) is 0. The lowest BCUT2D eigenvalue weighted by Gasteiger charge is -2.30. The normalized spacial score (nSPS) is 11.8. The zero-order valence-corrected chi connectivity index (χ0v) is 15.2. The Morgan fingerprint density at radius 1 is 1.30 bits per heavy atom. The fourth-order valence-electron chi connectivity index (χ4n) is 2.27. The van der Waals surface area contributed by atoms with Crippen LogP contribution in [0.2, 0.25) is 5.02 Å². The molecule has 0 saturated heterocycles. The molecule has 0 unspecified atom stereocenters. The standard InChI is InChI=1S/C15H17Br2ClN2/c1-2-20-9-12(8-19-20)7-15(10-16,11-17)13-4-3-5-14(18)6-13/h3-6,8-9H,2,7,10-11H2,1H3. The fraction of sp³-hybridized carbons (Fsp3) is 0.400. The van der Waals surface area contributed by atoms with Gasteiger partial charge in [0.05, 0.1) is 6.20 Å². The van der Waals surface area contributed by atoms with Gasteiger partial charge in [0.2, 0.25) is 0 Å². The minimum atomic E-state index is -0.0213. The minimum Gasteiger partial charge on any atom is -0.273 e. The molecule has 0 N–H and O–H groups in total.